The van der Waals surface area contributed by atoms with Crippen LogP contribution in [0.15, 0.2) is 0 Å². The minimum absolute atomic E-state index is 0.0638. The number of carbonyl (C=O) groups is 1. The highest BCUT2D eigenvalue weighted by molar-refractivity contribution is 5.70. The van der Waals surface area contributed by atoms with Crippen LogP contribution in [0.3, 0.4) is 0 Å². The fraction of sp³-hybridized carbons (Fsp3) is 0.900. The summed E-state index contributed by atoms with van der Waals surface area (Å²) in [5, 5.41) is 8.84. The predicted molar refractivity (Wildman–Crippen MR) is 47.9 cm³/mol. The second kappa shape index (κ2) is 3.92. The van der Waals surface area contributed by atoms with E-state index in [1.807, 2.05) is 0 Å². The van der Waals surface area contributed by atoms with Crippen molar-refractivity contribution in [3.8, 4) is 0 Å². The largest absolute Gasteiger partial charge is 0.481 e. The number of hydrogen-bond donors (Lipinski definition) is 1. The Balaban J connectivity index is 2.46. The van der Waals surface area contributed by atoms with Crippen molar-refractivity contribution in [2.45, 2.75) is 39.5 Å². The van der Waals surface area contributed by atoms with E-state index in [9.17, 15) is 4.79 Å². The van der Waals surface area contributed by atoms with Crippen molar-refractivity contribution >= 4 is 5.97 Å². The number of carboxylic acid groups (broad SMARTS) is 1. The summed E-state index contributed by atoms with van der Waals surface area (Å²) in [5.41, 5.74) is 0. The van der Waals surface area contributed by atoms with Gasteiger partial charge in [-0.15, -0.1) is 0 Å². The minimum atomic E-state index is -0.597. The highest BCUT2D eigenvalue weighted by Crippen LogP contribution is 2.33. The van der Waals surface area contributed by atoms with E-state index in [0.29, 0.717) is 11.8 Å². The number of rotatable bonds is 2. The molecule has 1 fully saturated rings. The van der Waals surface area contributed by atoms with E-state index < -0.39 is 5.97 Å². The first-order valence-electron chi connectivity index (χ1n) is 4.84. The maximum Gasteiger partial charge on any atom is 0.306 e. The van der Waals surface area contributed by atoms with Gasteiger partial charge in [-0.1, -0.05) is 26.7 Å². The summed E-state index contributed by atoms with van der Waals surface area (Å²) in [7, 11) is 0. The van der Waals surface area contributed by atoms with Crippen LogP contribution < -0.4 is 0 Å². The molecule has 0 amide bonds. The molecule has 0 aliphatic heterocycles. The van der Waals surface area contributed by atoms with Crippen molar-refractivity contribution in [2.75, 3.05) is 0 Å². The lowest BCUT2D eigenvalue weighted by molar-refractivity contribution is -0.143. The third-order valence-corrected chi connectivity index (χ3v) is 3.01. The van der Waals surface area contributed by atoms with E-state index in [-0.39, 0.29) is 5.92 Å². The molecule has 0 saturated heterocycles. The van der Waals surface area contributed by atoms with Gasteiger partial charge in [-0.2, -0.15) is 0 Å². The first-order valence-corrected chi connectivity index (χ1v) is 4.84. The number of carboxylic acids is 1. The molecule has 2 nitrogen and oxygen atoms in total. The average molecular weight is 170 g/mol. The van der Waals surface area contributed by atoms with Crippen LogP contribution in [-0.4, -0.2) is 11.1 Å². The highest BCUT2D eigenvalue weighted by atomic mass is 16.4. The van der Waals surface area contributed by atoms with Crippen molar-refractivity contribution in [3.63, 3.8) is 0 Å². The fourth-order valence-corrected chi connectivity index (χ4v) is 2.06. The summed E-state index contributed by atoms with van der Waals surface area (Å²) in [4.78, 5) is 10.7. The Morgan fingerprint density at radius 3 is 2.58 bits per heavy atom. The van der Waals surface area contributed by atoms with Crippen molar-refractivity contribution in [1.29, 1.82) is 0 Å². The van der Waals surface area contributed by atoms with Crippen molar-refractivity contribution in [1.82, 2.24) is 0 Å². The molecule has 2 heteroatoms. The van der Waals surface area contributed by atoms with Gasteiger partial charge in [-0.05, 0) is 24.7 Å². The SMILES string of the molecule is CC(C)C1CCC[C@H](C(=O)O)C1. The van der Waals surface area contributed by atoms with Gasteiger partial charge in [0.1, 0.15) is 0 Å². The molecule has 1 aliphatic carbocycles. The quantitative estimate of drug-likeness (QED) is 0.691. The van der Waals surface area contributed by atoms with Crippen molar-refractivity contribution in [2.24, 2.45) is 17.8 Å². The molecule has 1 aliphatic rings. The summed E-state index contributed by atoms with van der Waals surface area (Å²) in [6, 6.07) is 0. The minimum Gasteiger partial charge on any atom is -0.481 e. The Morgan fingerprint density at radius 2 is 2.08 bits per heavy atom. The van der Waals surface area contributed by atoms with Crippen LogP contribution in [0.2, 0.25) is 0 Å². The molecule has 0 aromatic heterocycles. The molecule has 2 atom stereocenters. The Kier molecular flexibility index (Phi) is 3.12. The van der Waals surface area contributed by atoms with Gasteiger partial charge >= 0.3 is 5.97 Å². The van der Waals surface area contributed by atoms with Gasteiger partial charge in [-0.3, -0.25) is 4.79 Å². The zero-order valence-electron chi connectivity index (χ0n) is 7.92. The lowest BCUT2D eigenvalue weighted by Gasteiger charge is -2.29. The van der Waals surface area contributed by atoms with Crippen LogP contribution in [0, 0.1) is 17.8 Å². The smallest absolute Gasteiger partial charge is 0.306 e. The zero-order chi connectivity index (χ0) is 9.14. The Hall–Kier alpha value is -0.530. The Labute approximate surface area is 74.0 Å². The van der Waals surface area contributed by atoms with Crippen LogP contribution in [0.4, 0.5) is 0 Å². The molecular formula is C10H18O2. The number of aliphatic carboxylic acids is 1. The first kappa shape index (κ1) is 9.56. The molecule has 1 saturated carbocycles. The summed E-state index contributed by atoms with van der Waals surface area (Å²) in [5.74, 6) is 0.624. The van der Waals surface area contributed by atoms with Crippen LogP contribution >= 0.6 is 0 Å². The summed E-state index contributed by atoms with van der Waals surface area (Å²) in [6.45, 7) is 4.38. The van der Waals surface area contributed by atoms with Gasteiger partial charge in [0.05, 0.1) is 5.92 Å². The van der Waals surface area contributed by atoms with Gasteiger partial charge in [0.15, 0.2) is 0 Å². The molecule has 1 unspecified atom stereocenters. The molecule has 0 aromatic carbocycles. The number of hydrogen-bond acceptors (Lipinski definition) is 1. The van der Waals surface area contributed by atoms with E-state index in [1.165, 1.54) is 6.42 Å². The van der Waals surface area contributed by atoms with Crippen LogP contribution in [0.5, 0.6) is 0 Å². The fourth-order valence-electron chi connectivity index (χ4n) is 2.06. The first-order chi connectivity index (χ1) is 5.61. The normalized spacial score (nSPS) is 30.6. The average Bonchev–Trinajstić information content (AvgIpc) is 2.04. The maximum atomic E-state index is 10.7. The van der Waals surface area contributed by atoms with E-state index in [4.69, 9.17) is 5.11 Å². The maximum absolute atomic E-state index is 10.7. The molecule has 0 aromatic rings. The second-order valence-electron chi connectivity index (χ2n) is 4.21. The lowest BCUT2D eigenvalue weighted by atomic mass is 9.76. The van der Waals surface area contributed by atoms with Crippen LogP contribution in [0.1, 0.15) is 39.5 Å². The summed E-state index contributed by atoms with van der Waals surface area (Å²) < 4.78 is 0. The molecule has 1 rings (SSSR count). The molecule has 0 heterocycles. The summed E-state index contributed by atoms with van der Waals surface area (Å²) >= 11 is 0. The predicted octanol–water partition coefficient (Wildman–Crippen LogP) is 2.53. The third kappa shape index (κ3) is 2.23. The van der Waals surface area contributed by atoms with Crippen molar-refractivity contribution < 1.29 is 9.90 Å². The van der Waals surface area contributed by atoms with Gasteiger partial charge in [0.2, 0.25) is 0 Å². The van der Waals surface area contributed by atoms with Gasteiger partial charge in [0.25, 0.3) is 0 Å². The second-order valence-corrected chi connectivity index (χ2v) is 4.21. The van der Waals surface area contributed by atoms with E-state index in [2.05, 4.69) is 13.8 Å². The molecule has 70 valence electrons. The summed E-state index contributed by atoms with van der Waals surface area (Å²) in [6.07, 6.45) is 4.10. The van der Waals surface area contributed by atoms with Crippen molar-refractivity contribution in [3.05, 3.63) is 0 Å². The van der Waals surface area contributed by atoms with Gasteiger partial charge in [-0.25, -0.2) is 0 Å². The molecular weight excluding hydrogens is 152 g/mol. The lowest BCUT2D eigenvalue weighted by Crippen LogP contribution is -2.25. The Bertz CT molecular complexity index is 163. The Morgan fingerprint density at radius 1 is 1.42 bits per heavy atom. The standard InChI is InChI=1S/C10H18O2/c1-7(2)8-4-3-5-9(6-8)10(11)12/h7-9H,3-6H2,1-2H3,(H,11,12)/t8?,9-/m0/s1. The topological polar surface area (TPSA) is 37.3 Å². The molecule has 0 radical (unpaired) electrons. The zero-order valence-corrected chi connectivity index (χ0v) is 7.92. The van der Waals surface area contributed by atoms with Gasteiger partial charge < -0.3 is 5.11 Å². The van der Waals surface area contributed by atoms with E-state index in [0.717, 1.165) is 19.3 Å². The highest BCUT2D eigenvalue weighted by Gasteiger charge is 2.28. The van der Waals surface area contributed by atoms with E-state index >= 15 is 0 Å². The monoisotopic (exact) mass is 170 g/mol. The molecule has 12 heavy (non-hydrogen) atoms. The van der Waals surface area contributed by atoms with Crippen LogP contribution in [-0.2, 0) is 4.79 Å². The van der Waals surface area contributed by atoms with Crippen LogP contribution in [0.25, 0.3) is 0 Å². The third-order valence-electron chi connectivity index (χ3n) is 3.01. The van der Waals surface area contributed by atoms with E-state index in [1.54, 1.807) is 0 Å². The van der Waals surface area contributed by atoms with Gasteiger partial charge in [0, 0.05) is 0 Å². The molecule has 0 bridgehead atoms. The molecule has 0 spiro atoms. The molecule has 1 N–H and O–H groups in total.